The van der Waals surface area contributed by atoms with Crippen LogP contribution in [0.1, 0.15) is 62.8 Å². The van der Waals surface area contributed by atoms with Crippen molar-refractivity contribution in [3.05, 3.63) is 95.1 Å². The summed E-state index contributed by atoms with van der Waals surface area (Å²) < 4.78 is 18.3. The highest BCUT2D eigenvalue weighted by atomic mass is 16.6. The Kier molecular flexibility index (Phi) is 8.91. The number of hydrogen-bond acceptors (Lipinski definition) is 4. The van der Waals surface area contributed by atoms with Crippen molar-refractivity contribution in [3.63, 3.8) is 0 Å². The van der Waals surface area contributed by atoms with E-state index in [9.17, 15) is 0 Å². The van der Waals surface area contributed by atoms with Crippen molar-refractivity contribution >= 4 is 23.7 Å². The Balaban J connectivity index is 1.74. The van der Waals surface area contributed by atoms with Gasteiger partial charge in [0.1, 0.15) is 12.4 Å². The summed E-state index contributed by atoms with van der Waals surface area (Å²) in [6.45, 7) is 12.3. The molecule has 0 saturated carbocycles. The Bertz CT molecular complexity index is 1200. The van der Waals surface area contributed by atoms with Crippen LogP contribution in [0.2, 0.25) is 0 Å². The molecule has 0 radical (unpaired) electrons. The standard InChI is InChI=1S/C32H40BNO3/c1-7-29(30-11-9-8-10-23(30)2)31(26-14-18-28(19-15-26)35-21-20-34-6)25-12-16-27(17-13-25)33-36-24(3)22-32(4,5)37-33/h8-19,24,34H,7,20-22H2,1-6H3/b31-29-. The molecule has 0 aliphatic carbocycles. The van der Waals surface area contributed by atoms with E-state index in [1.807, 2.05) is 7.05 Å². The number of ether oxygens (including phenoxy) is 1. The Morgan fingerprint density at radius 3 is 2.24 bits per heavy atom. The normalized spacial score (nSPS) is 17.9. The first-order valence-electron chi connectivity index (χ1n) is 13.4. The van der Waals surface area contributed by atoms with E-state index < -0.39 is 0 Å². The molecule has 4 nitrogen and oxygen atoms in total. The van der Waals surface area contributed by atoms with Crippen molar-refractivity contribution in [1.29, 1.82) is 0 Å². The van der Waals surface area contributed by atoms with E-state index in [4.69, 9.17) is 14.0 Å². The summed E-state index contributed by atoms with van der Waals surface area (Å²) >= 11 is 0. The van der Waals surface area contributed by atoms with Crippen molar-refractivity contribution in [1.82, 2.24) is 5.32 Å². The SMILES string of the molecule is CC/C(=C(/c1ccc(OCCNC)cc1)c1ccc(B2OC(C)CC(C)(C)O2)cc1)c1ccccc1C. The van der Waals surface area contributed by atoms with Gasteiger partial charge in [-0.15, -0.1) is 0 Å². The molecule has 1 N–H and O–H groups in total. The van der Waals surface area contributed by atoms with Crippen LogP contribution in [0.4, 0.5) is 0 Å². The van der Waals surface area contributed by atoms with E-state index in [1.54, 1.807) is 0 Å². The van der Waals surface area contributed by atoms with Crippen LogP contribution in [0, 0.1) is 6.92 Å². The fraction of sp³-hybridized carbons (Fsp3) is 0.375. The molecule has 1 aliphatic rings. The van der Waals surface area contributed by atoms with Crippen LogP contribution in [-0.2, 0) is 9.31 Å². The molecule has 0 amide bonds. The van der Waals surface area contributed by atoms with Gasteiger partial charge in [-0.3, -0.25) is 0 Å². The molecule has 1 aliphatic heterocycles. The molecule has 3 aromatic carbocycles. The summed E-state index contributed by atoms with van der Waals surface area (Å²) in [6, 6.07) is 25.8. The van der Waals surface area contributed by atoms with Crippen LogP contribution in [-0.4, -0.2) is 39.0 Å². The highest BCUT2D eigenvalue weighted by Crippen LogP contribution is 2.36. The third kappa shape index (κ3) is 6.72. The van der Waals surface area contributed by atoms with E-state index in [1.165, 1.54) is 33.4 Å². The average molecular weight is 497 g/mol. The molecule has 0 spiro atoms. The fourth-order valence-electron chi connectivity index (χ4n) is 5.19. The van der Waals surface area contributed by atoms with Gasteiger partial charge < -0.3 is 19.4 Å². The second kappa shape index (κ2) is 12.1. The molecule has 1 unspecified atom stereocenters. The van der Waals surface area contributed by atoms with E-state index >= 15 is 0 Å². The molecule has 4 rings (SSSR count). The average Bonchev–Trinajstić information content (AvgIpc) is 2.87. The van der Waals surface area contributed by atoms with Gasteiger partial charge in [0.15, 0.2) is 0 Å². The van der Waals surface area contributed by atoms with Crippen LogP contribution >= 0.6 is 0 Å². The van der Waals surface area contributed by atoms with Crippen molar-refractivity contribution in [2.45, 2.75) is 59.2 Å². The lowest BCUT2D eigenvalue weighted by Crippen LogP contribution is -2.51. The first-order chi connectivity index (χ1) is 17.8. The highest BCUT2D eigenvalue weighted by Gasteiger charge is 2.38. The highest BCUT2D eigenvalue weighted by molar-refractivity contribution is 6.61. The van der Waals surface area contributed by atoms with E-state index in [0.29, 0.717) is 6.61 Å². The van der Waals surface area contributed by atoms with Crippen LogP contribution in [0.5, 0.6) is 5.75 Å². The van der Waals surface area contributed by atoms with Gasteiger partial charge in [-0.05, 0) is 98.6 Å². The molecule has 5 heteroatoms. The zero-order valence-corrected chi connectivity index (χ0v) is 23.1. The lowest BCUT2D eigenvalue weighted by atomic mass is 9.74. The number of hydrogen-bond donors (Lipinski definition) is 1. The molecule has 0 aromatic heterocycles. The number of rotatable bonds is 9. The van der Waals surface area contributed by atoms with Gasteiger partial charge in [0, 0.05) is 12.6 Å². The van der Waals surface area contributed by atoms with Gasteiger partial charge in [-0.1, -0.05) is 67.6 Å². The zero-order valence-electron chi connectivity index (χ0n) is 23.1. The maximum absolute atomic E-state index is 6.27. The van der Waals surface area contributed by atoms with Gasteiger partial charge >= 0.3 is 7.12 Å². The smallest absolute Gasteiger partial charge is 0.492 e. The summed E-state index contributed by atoms with van der Waals surface area (Å²) in [5.41, 5.74) is 8.32. The molecule has 1 fully saturated rings. The Labute approximate surface area is 223 Å². The minimum absolute atomic E-state index is 0.158. The summed E-state index contributed by atoms with van der Waals surface area (Å²) in [5.74, 6) is 0.881. The van der Waals surface area contributed by atoms with Gasteiger partial charge in [-0.2, -0.15) is 0 Å². The van der Waals surface area contributed by atoms with Crippen LogP contribution in [0.25, 0.3) is 11.1 Å². The summed E-state index contributed by atoms with van der Waals surface area (Å²) in [6.07, 6.45) is 1.97. The Hall–Kier alpha value is -2.86. The third-order valence-corrected chi connectivity index (χ3v) is 6.92. The van der Waals surface area contributed by atoms with Crippen molar-refractivity contribution in [2.75, 3.05) is 20.2 Å². The summed E-state index contributed by atoms with van der Waals surface area (Å²) in [4.78, 5) is 0. The second-order valence-corrected chi connectivity index (χ2v) is 10.5. The largest absolute Gasteiger partial charge is 0.494 e. The molecule has 194 valence electrons. The van der Waals surface area contributed by atoms with Crippen molar-refractivity contribution < 1.29 is 14.0 Å². The van der Waals surface area contributed by atoms with E-state index in [-0.39, 0.29) is 18.8 Å². The van der Waals surface area contributed by atoms with E-state index in [0.717, 1.165) is 30.6 Å². The van der Waals surface area contributed by atoms with Gasteiger partial charge in [-0.25, -0.2) is 0 Å². The topological polar surface area (TPSA) is 39.7 Å². The number of allylic oxidation sites excluding steroid dienone is 1. The monoisotopic (exact) mass is 497 g/mol. The number of nitrogens with one attached hydrogen (secondary N) is 1. The molecule has 0 bridgehead atoms. The quantitative estimate of drug-likeness (QED) is 0.215. The van der Waals surface area contributed by atoms with Crippen molar-refractivity contribution in [3.8, 4) is 5.75 Å². The maximum Gasteiger partial charge on any atom is 0.494 e. The van der Waals surface area contributed by atoms with Crippen LogP contribution < -0.4 is 15.5 Å². The van der Waals surface area contributed by atoms with Gasteiger partial charge in [0.05, 0.1) is 5.60 Å². The number of aryl methyl sites for hydroxylation is 1. The molecule has 1 atom stereocenters. The zero-order chi connectivity index (χ0) is 26.4. The number of likely N-dealkylation sites (N-methyl/N-ethyl adjacent to an activating group) is 1. The van der Waals surface area contributed by atoms with Crippen LogP contribution in [0.15, 0.2) is 72.8 Å². The Morgan fingerprint density at radius 1 is 1.00 bits per heavy atom. The predicted octanol–water partition coefficient (Wildman–Crippen LogP) is 6.26. The molecule has 3 aromatic rings. The predicted molar refractivity (Wildman–Crippen MR) is 155 cm³/mol. The van der Waals surface area contributed by atoms with Crippen LogP contribution in [0.3, 0.4) is 0 Å². The summed E-state index contributed by atoms with van der Waals surface area (Å²) in [7, 11) is 1.58. The first-order valence-corrected chi connectivity index (χ1v) is 13.4. The molecule has 37 heavy (non-hydrogen) atoms. The minimum Gasteiger partial charge on any atom is -0.492 e. The first kappa shape index (κ1) is 27.2. The van der Waals surface area contributed by atoms with Crippen molar-refractivity contribution in [2.24, 2.45) is 0 Å². The lowest BCUT2D eigenvalue weighted by molar-refractivity contribution is -0.0229. The molecular weight excluding hydrogens is 457 g/mol. The van der Waals surface area contributed by atoms with Gasteiger partial charge in [0.2, 0.25) is 0 Å². The maximum atomic E-state index is 6.27. The second-order valence-electron chi connectivity index (χ2n) is 10.5. The molecule has 1 heterocycles. The molecular formula is C32H40BNO3. The van der Waals surface area contributed by atoms with Gasteiger partial charge in [0.25, 0.3) is 0 Å². The fourth-order valence-corrected chi connectivity index (χ4v) is 5.19. The third-order valence-electron chi connectivity index (χ3n) is 6.92. The van der Waals surface area contributed by atoms with E-state index in [2.05, 4.69) is 113 Å². The lowest BCUT2D eigenvalue weighted by Gasteiger charge is -2.38. The minimum atomic E-state index is -0.351. The molecule has 1 saturated heterocycles. The number of benzene rings is 3. The summed E-state index contributed by atoms with van der Waals surface area (Å²) in [5, 5.41) is 3.12. The Morgan fingerprint density at radius 2 is 1.65 bits per heavy atom.